The summed E-state index contributed by atoms with van der Waals surface area (Å²) in [6.07, 6.45) is 0. The molecule has 2 nitrogen and oxygen atoms in total. The summed E-state index contributed by atoms with van der Waals surface area (Å²) in [7, 11) is 1.82. The summed E-state index contributed by atoms with van der Waals surface area (Å²) in [6, 6.07) is 4.52. The Morgan fingerprint density at radius 3 is 2.73 bits per heavy atom. The Labute approximate surface area is 100 Å². The average Bonchev–Trinajstić information content (AvgIpc) is 2.52. The molecule has 83 valence electrons. The SMILES string of the molecule is CN1CCN=C1c1[c-]cc(F)cc1F.[Ir]. The minimum atomic E-state index is -0.618. The van der Waals surface area contributed by atoms with Crippen molar-refractivity contribution in [3.05, 3.63) is 35.4 Å². The van der Waals surface area contributed by atoms with Gasteiger partial charge in [-0.05, 0) is 7.05 Å². The van der Waals surface area contributed by atoms with Gasteiger partial charge in [-0.1, -0.05) is 11.6 Å². The summed E-state index contributed by atoms with van der Waals surface area (Å²) in [5.74, 6) is -0.687. The van der Waals surface area contributed by atoms with Crippen molar-refractivity contribution in [2.24, 2.45) is 4.99 Å². The molecule has 5 heteroatoms. The van der Waals surface area contributed by atoms with Crippen LogP contribution in [0.15, 0.2) is 17.1 Å². The number of amidine groups is 1. The van der Waals surface area contributed by atoms with Gasteiger partial charge in [-0.15, -0.1) is 12.1 Å². The van der Waals surface area contributed by atoms with Crippen LogP contribution in [0.4, 0.5) is 8.78 Å². The third-order valence-corrected chi connectivity index (χ3v) is 2.14. The minimum Gasteiger partial charge on any atom is -0.397 e. The van der Waals surface area contributed by atoms with E-state index < -0.39 is 11.6 Å². The van der Waals surface area contributed by atoms with E-state index in [1.165, 1.54) is 0 Å². The van der Waals surface area contributed by atoms with Crippen molar-refractivity contribution in [3.8, 4) is 0 Å². The molecule has 0 aliphatic carbocycles. The molecule has 1 aliphatic rings. The predicted octanol–water partition coefficient (Wildman–Crippen LogP) is 1.45. The zero-order valence-electron chi connectivity index (χ0n) is 8.05. The first-order valence-corrected chi connectivity index (χ1v) is 4.31. The summed E-state index contributed by atoms with van der Waals surface area (Å²) in [6.45, 7) is 1.41. The second-order valence-electron chi connectivity index (χ2n) is 3.17. The molecule has 0 atom stereocenters. The number of nitrogens with zero attached hydrogens (tertiary/aromatic N) is 2. The van der Waals surface area contributed by atoms with Crippen molar-refractivity contribution in [1.82, 2.24) is 4.90 Å². The fourth-order valence-corrected chi connectivity index (χ4v) is 1.42. The van der Waals surface area contributed by atoms with Gasteiger partial charge in [0.1, 0.15) is 0 Å². The fourth-order valence-electron chi connectivity index (χ4n) is 1.42. The van der Waals surface area contributed by atoms with Crippen LogP contribution in [0, 0.1) is 17.7 Å². The van der Waals surface area contributed by atoms with Crippen LogP contribution >= 0.6 is 0 Å². The summed E-state index contributed by atoms with van der Waals surface area (Å²) in [5.41, 5.74) is 0.242. The Balaban J connectivity index is 0.00000112. The topological polar surface area (TPSA) is 15.6 Å². The van der Waals surface area contributed by atoms with E-state index in [4.69, 9.17) is 0 Å². The Bertz CT molecular complexity index is 393. The van der Waals surface area contributed by atoms with Crippen LogP contribution in [-0.2, 0) is 20.1 Å². The van der Waals surface area contributed by atoms with Gasteiger partial charge in [-0.2, -0.15) is 0 Å². The van der Waals surface area contributed by atoms with E-state index in [0.717, 1.165) is 18.7 Å². The van der Waals surface area contributed by atoms with Gasteiger partial charge in [0.25, 0.3) is 0 Å². The fraction of sp³-hybridized carbons (Fsp3) is 0.300. The normalized spacial score (nSPS) is 14.9. The maximum atomic E-state index is 13.3. The van der Waals surface area contributed by atoms with Crippen LogP contribution in [0.2, 0.25) is 0 Å². The Hall–Kier alpha value is -0.801. The Morgan fingerprint density at radius 1 is 1.47 bits per heavy atom. The maximum Gasteiger partial charge on any atom is 0.0492 e. The van der Waals surface area contributed by atoms with Crippen molar-refractivity contribution in [2.75, 3.05) is 20.1 Å². The van der Waals surface area contributed by atoms with E-state index in [-0.39, 0.29) is 25.7 Å². The molecule has 2 rings (SSSR count). The number of rotatable bonds is 1. The van der Waals surface area contributed by atoms with E-state index >= 15 is 0 Å². The molecule has 1 aromatic carbocycles. The van der Waals surface area contributed by atoms with Gasteiger partial charge >= 0.3 is 0 Å². The predicted molar refractivity (Wildman–Crippen MR) is 49.2 cm³/mol. The van der Waals surface area contributed by atoms with Gasteiger partial charge in [0.15, 0.2) is 0 Å². The standard InChI is InChI=1S/C10H9F2N2.Ir/c1-14-5-4-13-10(14)8-3-2-7(11)6-9(8)12;/h2,6H,4-5H2,1H3;/q-1;. The molecule has 1 aromatic rings. The molecule has 0 spiro atoms. The van der Waals surface area contributed by atoms with Crippen molar-refractivity contribution in [2.45, 2.75) is 0 Å². The number of likely N-dealkylation sites (N-methyl/N-ethyl adjacent to an activating group) is 1. The zero-order chi connectivity index (χ0) is 10.1. The molecule has 0 amide bonds. The van der Waals surface area contributed by atoms with Crippen LogP contribution in [-0.4, -0.2) is 30.9 Å². The molecule has 1 radical (unpaired) electrons. The third kappa shape index (κ3) is 2.41. The van der Waals surface area contributed by atoms with E-state index in [9.17, 15) is 8.78 Å². The second-order valence-corrected chi connectivity index (χ2v) is 3.17. The van der Waals surface area contributed by atoms with Gasteiger partial charge in [-0.25, -0.2) is 0 Å². The summed E-state index contributed by atoms with van der Waals surface area (Å²) < 4.78 is 25.9. The van der Waals surface area contributed by atoms with Gasteiger partial charge in [0, 0.05) is 50.7 Å². The molecule has 0 saturated heterocycles. The van der Waals surface area contributed by atoms with Crippen LogP contribution in [0.3, 0.4) is 0 Å². The Kier molecular flexibility index (Phi) is 3.94. The monoisotopic (exact) mass is 388 g/mol. The van der Waals surface area contributed by atoms with E-state index in [0.29, 0.717) is 12.4 Å². The first-order chi connectivity index (χ1) is 6.68. The van der Waals surface area contributed by atoms with Gasteiger partial charge in [0.2, 0.25) is 0 Å². The third-order valence-electron chi connectivity index (χ3n) is 2.14. The van der Waals surface area contributed by atoms with E-state index in [2.05, 4.69) is 11.1 Å². The molecular weight excluding hydrogens is 378 g/mol. The first kappa shape index (κ1) is 12.3. The number of benzene rings is 1. The smallest absolute Gasteiger partial charge is 0.0492 e. The molecule has 0 bridgehead atoms. The van der Waals surface area contributed by atoms with Crippen LogP contribution in [0.25, 0.3) is 0 Å². The number of hydrogen-bond donors (Lipinski definition) is 0. The zero-order valence-corrected chi connectivity index (χ0v) is 10.4. The molecule has 15 heavy (non-hydrogen) atoms. The van der Waals surface area contributed by atoms with Crippen molar-refractivity contribution < 1.29 is 28.9 Å². The molecule has 1 aliphatic heterocycles. The number of hydrogen-bond acceptors (Lipinski definition) is 2. The molecular formula is C10H9F2IrN2-. The molecule has 0 aromatic heterocycles. The Morgan fingerprint density at radius 2 is 2.20 bits per heavy atom. The van der Waals surface area contributed by atoms with Crippen molar-refractivity contribution in [1.29, 1.82) is 0 Å². The maximum absolute atomic E-state index is 13.3. The summed E-state index contributed by atoms with van der Waals surface area (Å²) in [5, 5.41) is 0. The molecule has 0 unspecified atom stereocenters. The van der Waals surface area contributed by atoms with Crippen LogP contribution in [0.1, 0.15) is 5.56 Å². The number of aliphatic imine (C=N–C) groups is 1. The van der Waals surface area contributed by atoms with Gasteiger partial charge in [-0.3, -0.25) is 8.78 Å². The van der Waals surface area contributed by atoms with Crippen molar-refractivity contribution >= 4 is 5.84 Å². The molecule has 0 saturated carbocycles. The van der Waals surface area contributed by atoms with E-state index in [1.807, 2.05) is 11.9 Å². The second kappa shape index (κ2) is 4.81. The molecule has 0 N–H and O–H groups in total. The quantitative estimate of drug-likeness (QED) is 0.667. The van der Waals surface area contributed by atoms with Gasteiger partial charge < -0.3 is 9.89 Å². The summed E-state index contributed by atoms with van der Waals surface area (Å²) in [4.78, 5) is 5.95. The van der Waals surface area contributed by atoms with E-state index in [1.54, 1.807) is 0 Å². The van der Waals surface area contributed by atoms with Crippen molar-refractivity contribution in [3.63, 3.8) is 0 Å². The summed E-state index contributed by atoms with van der Waals surface area (Å²) >= 11 is 0. The minimum absolute atomic E-state index is 0. The molecule has 1 heterocycles. The van der Waals surface area contributed by atoms with Gasteiger partial charge in [0.05, 0.1) is 0 Å². The van der Waals surface area contributed by atoms with Crippen LogP contribution < -0.4 is 0 Å². The first-order valence-electron chi connectivity index (χ1n) is 4.31. The van der Waals surface area contributed by atoms with Crippen LogP contribution in [0.5, 0.6) is 0 Å². The average molecular weight is 387 g/mol. The molecule has 0 fully saturated rings. The largest absolute Gasteiger partial charge is 0.397 e. The number of halogens is 2.